The summed E-state index contributed by atoms with van der Waals surface area (Å²) < 4.78 is 0. The molecule has 4 heteroatoms. The fraction of sp³-hybridized carbons (Fsp3) is 0.300. The van der Waals surface area contributed by atoms with E-state index in [1.807, 2.05) is 66.4 Å². The molecule has 0 aliphatic carbocycles. The Balaban J connectivity index is 1.62. The average Bonchev–Trinajstić information content (AvgIpc) is 2.62. The first-order valence-corrected chi connectivity index (χ1v) is 8.35. The standard InChI is InChI=1S/C20H22N2O2/c1-15-9-11-16(12-10-15)19(23)21-18-8-5-13-22(14-18)20(24)17-6-3-2-4-7-17/h2-4,6-7,9-12,18H,5,8,13-14H2,1H3,(H,21,23)/t18-/m1/s1. The van der Waals surface area contributed by atoms with Crippen molar-refractivity contribution in [1.29, 1.82) is 0 Å². The number of nitrogens with zero attached hydrogens (tertiary/aromatic N) is 1. The van der Waals surface area contributed by atoms with Gasteiger partial charge in [0.05, 0.1) is 0 Å². The fourth-order valence-electron chi connectivity index (χ4n) is 3.02. The summed E-state index contributed by atoms with van der Waals surface area (Å²) in [7, 11) is 0. The molecule has 1 N–H and O–H groups in total. The first-order valence-electron chi connectivity index (χ1n) is 8.35. The Hall–Kier alpha value is -2.62. The van der Waals surface area contributed by atoms with Gasteiger partial charge in [-0.3, -0.25) is 9.59 Å². The van der Waals surface area contributed by atoms with Crippen LogP contribution in [0.3, 0.4) is 0 Å². The summed E-state index contributed by atoms with van der Waals surface area (Å²) >= 11 is 0. The van der Waals surface area contributed by atoms with Gasteiger partial charge in [-0.25, -0.2) is 0 Å². The molecule has 0 aromatic heterocycles. The van der Waals surface area contributed by atoms with Crippen LogP contribution in [0.1, 0.15) is 39.1 Å². The number of nitrogens with one attached hydrogen (secondary N) is 1. The molecule has 24 heavy (non-hydrogen) atoms. The summed E-state index contributed by atoms with van der Waals surface area (Å²) in [4.78, 5) is 26.7. The molecular formula is C20H22N2O2. The number of amides is 2. The van der Waals surface area contributed by atoms with Crippen LogP contribution >= 0.6 is 0 Å². The van der Waals surface area contributed by atoms with Crippen molar-refractivity contribution in [2.75, 3.05) is 13.1 Å². The minimum atomic E-state index is -0.0750. The lowest BCUT2D eigenvalue weighted by molar-refractivity contribution is 0.0676. The third-order valence-corrected chi connectivity index (χ3v) is 4.38. The first kappa shape index (κ1) is 16.2. The van der Waals surface area contributed by atoms with Gasteiger partial charge < -0.3 is 10.2 Å². The average molecular weight is 322 g/mol. The van der Waals surface area contributed by atoms with Crippen molar-refractivity contribution >= 4 is 11.8 Å². The van der Waals surface area contributed by atoms with Crippen LogP contribution in [-0.2, 0) is 0 Å². The lowest BCUT2D eigenvalue weighted by Crippen LogP contribution is -2.49. The van der Waals surface area contributed by atoms with E-state index in [-0.39, 0.29) is 17.9 Å². The number of hydrogen-bond acceptors (Lipinski definition) is 2. The Morgan fingerprint density at radius 1 is 1.00 bits per heavy atom. The van der Waals surface area contributed by atoms with Gasteiger partial charge in [0.1, 0.15) is 0 Å². The Bertz CT molecular complexity index is 710. The Labute approximate surface area is 142 Å². The molecule has 0 saturated carbocycles. The van der Waals surface area contributed by atoms with Gasteiger partial charge >= 0.3 is 0 Å². The molecule has 0 spiro atoms. The predicted molar refractivity (Wildman–Crippen MR) is 94.0 cm³/mol. The van der Waals surface area contributed by atoms with Gasteiger partial charge in [0, 0.05) is 30.3 Å². The second-order valence-electron chi connectivity index (χ2n) is 6.30. The summed E-state index contributed by atoms with van der Waals surface area (Å²) in [5.41, 5.74) is 2.49. The van der Waals surface area contributed by atoms with Gasteiger partial charge in [0.2, 0.25) is 0 Å². The molecule has 2 amide bonds. The highest BCUT2D eigenvalue weighted by atomic mass is 16.2. The third-order valence-electron chi connectivity index (χ3n) is 4.38. The summed E-state index contributed by atoms with van der Waals surface area (Å²) in [6.07, 6.45) is 1.80. The number of piperidine rings is 1. The molecule has 0 radical (unpaired) electrons. The van der Waals surface area contributed by atoms with Crippen LogP contribution in [0.5, 0.6) is 0 Å². The number of aryl methyl sites for hydroxylation is 1. The summed E-state index contributed by atoms with van der Waals surface area (Å²) in [6.45, 7) is 3.30. The van der Waals surface area contributed by atoms with Crippen LogP contribution in [0.25, 0.3) is 0 Å². The number of hydrogen-bond donors (Lipinski definition) is 1. The molecule has 1 saturated heterocycles. The van der Waals surface area contributed by atoms with E-state index >= 15 is 0 Å². The molecule has 1 aliphatic heterocycles. The van der Waals surface area contributed by atoms with E-state index in [4.69, 9.17) is 0 Å². The number of rotatable bonds is 3. The van der Waals surface area contributed by atoms with Crippen molar-refractivity contribution in [1.82, 2.24) is 10.2 Å². The largest absolute Gasteiger partial charge is 0.348 e. The molecule has 4 nitrogen and oxygen atoms in total. The monoisotopic (exact) mass is 322 g/mol. The number of carbonyl (C=O) groups excluding carboxylic acids is 2. The minimum Gasteiger partial charge on any atom is -0.348 e. The second kappa shape index (κ2) is 7.30. The molecule has 1 fully saturated rings. The van der Waals surface area contributed by atoms with E-state index in [0.717, 1.165) is 24.9 Å². The maximum absolute atomic E-state index is 12.6. The van der Waals surface area contributed by atoms with E-state index in [1.165, 1.54) is 0 Å². The van der Waals surface area contributed by atoms with E-state index in [1.54, 1.807) is 0 Å². The van der Waals surface area contributed by atoms with E-state index in [0.29, 0.717) is 17.7 Å². The maximum Gasteiger partial charge on any atom is 0.253 e. The summed E-state index contributed by atoms with van der Waals surface area (Å²) in [5.74, 6) is -0.0427. The fourth-order valence-corrected chi connectivity index (χ4v) is 3.02. The van der Waals surface area contributed by atoms with Crippen molar-refractivity contribution < 1.29 is 9.59 Å². The van der Waals surface area contributed by atoms with Gasteiger partial charge in [0.25, 0.3) is 11.8 Å². The zero-order valence-corrected chi connectivity index (χ0v) is 13.9. The van der Waals surface area contributed by atoms with Gasteiger partial charge in [-0.2, -0.15) is 0 Å². The van der Waals surface area contributed by atoms with E-state index in [9.17, 15) is 9.59 Å². The van der Waals surface area contributed by atoms with Gasteiger partial charge in [0.15, 0.2) is 0 Å². The van der Waals surface area contributed by atoms with Crippen LogP contribution in [0.4, 0.5) is 0 Å². The van der Waals surface area contributed by atoms with Gasteiger partial charge in [-0.05, 0) is 44.0 Å². The quantitative estimate of drug-likeness (QED) is 0.944. The highest BCUT2D eigenvalue weighted by Crippen LogP contribution is 2.14. The number of carbonyl (C=O) groups is 2. The number of benzene rings is 2. The predicted octanol–water partition coefficient (Wildman–Crippen LogP) is 3.03. The van der Waals surface area contributed by atoms with Crippen LogP contribution in [0, 0.1) is 6.92 Å². The molecule has 1 atom stereocenters. The van der Waals surface area contributed by atoms with Crippen molar-refractivity contribution in [2.45, 2.75) is 25.8 Å². The molecule has 124 valence electrons. The van der Waals surface area contributed by atoms with Crippen molar-refractivity contribution in [3.63, 3.8) is 0 Å². The summed E-state index contributed by atoms with van der Waals surface area (Å²) in [6, 6.07) is 16.8. The Morgan fingerprint density at radius 2 is 1.71 bits per heavy atom. The highest BCUT2D eigenvalue weighted by molar-refractivity contribution is 5.95. The zero-order valence-electron chi connectivity index (χ0n) is 13.9. The Morgan fingerprint density at radius 3 is 2.42 bits per heavy atom. The van der Waals surface area contributed by atoms with Gasteiger partial charge in [-0.15, -0.1) is 0 Å². The minimum absolute atomic E-state index is 0.000199. The molecular weight excluding hydrogens is 300 g/mol. The van der Waals surface area contributed by atoms with Crippen LogP contribution < -0.4 is 5.32 Å². The normalized spacial score (nSPS) is 17.4. The lowest BCUT2D eigenvalue weighted by atomic mass is 10.0. The van der Waals surface area contributed by atoms with E-state index < -0.39 is 0 Å². The first-order chi connectivity index (χ1) is 11.6. The van der Waals surface area contributed by atoms with Gasteiger partial charge in [-0.1, -0.05) is 35.9 Å². The van der Waals surface area contributed by atoms with Crippen LogP contribution in [0.15, 0.2) is 54.6 Å². The Kier molecular flexibility index (Phi) is 4.94. The van der Waals surface area contributed by atoms with Crippen LogP contribution in [0.2, 0.25) is 0 Å². The molecule has 1 aliphatic rings. The molecule has 3 rings (SSSR count). The molecule has 2 aromatic rings. The van der Waals surface area contributed by atoms with Crippen molar-refractivity contribution in [3.8, 4) is 0 Å². The second-order valence-corrected chi connectivity index (χ2v) is 6.30. The topological polar surface area (TPSA) is 49.4 Å². The molecule has 0 unspecified atom stereocenters. The number of likely N-dealkylation sites (tertiary alicyclic amines) is 1. The third kappa shape index (κ3) is 3.82. The summed E-state index contributed by atoms with van der Waals surface area (Å²) in [5, 5.41) is 3.06. The van der Waals surface area contributed by atoms with Crippen molar-refractivity contribution in [3.05, 3.63) is 71.3 Å². The lowest BCUT2D eigenvalue weighted by Gasteiger charge is -2.33. The van der Waals surface area contributed by atoms with Crippen molar-refractivity contribution in [2.24, 2.45) is 0 Å². The SMILES string of the molecule is Cc1ccc(C(=O)N[C@@H]2CCCN(C(=O)c3ccccc3)C2)cc1. The maximum atomic E-state index is 12.6. The molecule has 0 bridgehead atoms. The molecule has 2 aromatic carbocycles. The smallest absolute Gasteiger partial charge is 0.253 e. The highest BCUT2D eigenvalue weighted by Gasteiger charge is 2.25. The molecule has 1 heterocycles. The zero-order chi connectivity index (χ0) is 16.9. The van der Waals surface area contributed by atoms with Crippen LogP contribution in [-0.4, -0.2) is 35.8 Å². The van der Waals surface area contributed by atoms with E-state index in [2.05, 4.69) is 5.32 Å².